The second kappa shape index (κ2) is 7.81. The van der Waals surface area contributed by atoms with Gasteiger partial charge < -0.3 is 8.94 Å². The molecule has 0 spiro atoms. The summed E-state index contributed by atoms with van der Waals surface area (Å²) in [7, 11) is 0. The molecular weight excluding hydrogens is 409 g/mol. The zero-order valence-electron chi connectivity index (χ0n) is 16.5. The van der Waals surface area contributed by atoms with E-state index >= 15 is 0 Å². The van der Waals surface area contributed by atoms with Gasteiger partial charge in [-0.1, -0.05) is 29.4 Å². The fourth-order valence-corrected chi connectivity index (χ4v) is 3.93. The number of nitrogens with zero attached hydrogens (tertiary/aromatic N) is 4. The number of alkyl halides is 3. The summed E-state index contributed by atoms with van der Waals surface area (Å²) in [6.45, 7) is 2.01. The molecule has 5 rings (SSSR count). The van der Waals surface area contributed by atoms with Gasteiger partial charge in [0.2, 0.25) is 11.7 Å². The van der Waals surface area contributed by atoms with E-state index in [4.69, 9.17) is 8.94 Å². The van der Waals surface area contributed by atoms with Crippen molar-refractivity contribution >= 4 is 11.1 Å². The minimum absolute atomic E-state index is 0.147. The Morgan fingerprint density at radius 1 is 1.06 bits per heavy atom. The number of aromatic nitrogens is 3. The molecule has 160 valence electrons. The quantitative estimate of drug-likeness (QED) is 0.441. The third-order valence-electron chi connectivity index (χ3n) is 5.44. The molecule has 31 heavy (non-hydrogen) atoms. The minimum atomic E-state index is -4.42. The van der Waals surface area contributed by atoms with Crippen molar-refractivity contribution < 1.29 is 22.1 Å². The number of halogens is 3. The standard InChI is InChI=1S/C22H19F3N4O2/c23-22(24,25)16-7-3-5-14(11-16)20-27-19(31-28-20)13-29-10-4-6-15(12-29)21-26-17-8-1-2-9-18(17)30-21/h1-3,5,7-9,11,15H,4,6,10,12-13H2. The molecule has 4 aromatic rings. The lowest BCUT2D eigenvalue weighted by atomic mass is 9.98. The molecule has 0 amide bonds. The van der Waals surface area contributed by atoms with Crippen LogP contribution >= 0.6 is 0 Å². The van der Waals surface area contributed by atoms with E-state index in [0.29, 0.717) is 12.4 Å². The normalized spacial score (nSPS) is 18.0. The number of oxazole rings is 1. The number of hydrogen-bond acceptors (Lipinski definition) is 6. The van der Waals surface area contributed by atoms with Crippen LogP contribution in [0, 0.1) is 0 Å². The van der Waals surface area contributed by atoms with Gasteiger partial charge >= 0.3 is 6.18 Å². The highest BCUT2D eigenvalue weighted by Crippen LogP contribution is 2.32. The molecule has 1 unspecified atom stereocenters. The summed E-state index contributed by atoms with van der Waals surface area (Å²) in [5.74, 6) is 1.40. The maximum absolute atomic E-state index is 13.0. The molecule has 1 aliphatic heterocycles. The Morgan fingerprint density at radius 3 is 2.77 bits per heavy atom. The Hall–Kier alpha value is -3.20. The largest absolute Gasteiger partial charge is 0.440 e. The smallest absolute Gasteiger partial charge is 0.416 e. The Labute approximate surface area is 175 Å². The SMILES string of the molecule is FC(F)(F)c1cccc(-c2noc(CN3CCCC(c4nc5ccccc5o4)C3)n2)c1. The lowest BCUT2D eigenvalue weighted by Gasteiger charge is -2.29. The number of likely N-dealkylation sites (tertiary alicyclic amines) is 1. The van der Waals surface area contributed by atoms with Gasteiger partial charge in [0.25, 0.3) is 0 Å². The first-order valence-electron chi connectivity index (χ1n) is 10.0. The molecule has 6 nitrogen and oxygen atoms in total. The molecule has 1 atom stereocenters. The van der Waals surface area contributed by atoms with Crippen LogP contribution in [0.25, 0.3) is 22.5 Å². The van der Waals surface area contributed by atoms with Gasteiger partial charge in [-0.05, 0) is 43.7 Å². The van der Waals surface area contributed by atoms with Gasteiger partial charge in [-0.3, -0.25) is 4.90 Å². The first-order valence-corrected chi connectivity index (χ1v) is 10.0. The zero-order chi connectivity index (χ0) is 21.4. The highest BCUT2D eigenvalue weighted by Gasteiger charge is 2.31. The van der Waals surface area contributed by atoms with Gasteiger partial charge in [-0.2, -0.15) is 18.2 Å². The van der Waals surface area contributed by atoms with Crippen LogP contribution in [0.3, 0.4) is 0 Å². The van der Waals surface area contributed by atoms with Crippen LogP contribution in [0.4, 0.5) is 13.2 Å². The van der Waals surface area contributed by atoms with Crippen molar-refractivity contribution in [1.29, 1.82) is 0 Å². The first kappa shape index (κ1) is 19.7. The summed E-state index contributed by atoms with van der Waals surface area (Å²) in [6, 6.07) is 12.6. The summed E-state index contributed by atoms with van der Waals surface area (Å²) in [5, 5.41) is 3.87. The van der Waals surface area contributed by atoms with E-state index in [9.17, 15) is 13.2 Å². The average Bonchev–Trinajstić information content (AvgIpc) is 3.40. The molecule has 0 N–H and O–H groups in total. The van der Waals surface area contributed by atoms with Crippen molar-refractivity contribution in [2.75, 3.05) is 13.1 Å². The van der Waals surface area contributed by atoms with Crippen molar-refractivity contribution in [2.45, 2.75) is 31.5 Å². The number of rotatable bonds is 4. The van der Waals surface area contributed by atoms with Crippen LogP contribution in [0.15, 0.2) is 57.5 Å². The van der Waals surface area contributed by atoms with E-state index in [0.717, 1.165) is 55.1 Å². The second-order valence-electron chi connectivity index (χ2n) is 7.68. The van der Waals surface area contributed by atoms with Crippen LogP contribution in [-0.2, 0) is 12.7 Å². The van der Waals surface area contributed by atoms with Gasteiger partial charge in [-0.15, -0.1) is 0 Å². The minimum Gasteiger partial charge on any atom is -0.440 e. The van der Waals surface area contributed by atoms with Gasteiger partial charge in [0, 0.05) is 18.0 Å². The Bertz CT molecular complexity index is 1170. The van der Waals surface area contributed by atoms with E-state index in [2.05, 4.69) is 20.0 Å². The van der Waals surface area contributed by atoms with Crippen molar-refractivity contribution in [1.82, 2.24) is 20.0 Å². The maximum atomic E-state index is 13.0. The summed E-state index contributed by atoms with van der Waals surface area (Å²) >= 11 is 0. The molecule has 3 heterocycles. The van der Waals surface area contributed by atoms with Gasteiger partial charge in [0.1, 0.15) is 5.52 Å². The highest BCUT2D eigenvalue weighted by atomic mass is 19.4. The topological polar surface area (TPSA) is 68.2 Å². The molecule has 2 aromatic carbocycles. The van der Waals surface area contributed by atoms with Gasteiger partial charge in [-0.25, -0.2) is 4.98 Å². The maximum Gasteiger partial charge on any atom is 0.416 e. The lowest BCUT2D eigenvalue weighted by molar-refractivity contribution is -0.137. The molecule has 0 saturated carbocycles. The van der Waals surface area contributed by atoms with Crippen molar-refractivity contribution in [3.05, 3.63) is 65.9 Å². The Balaban J connectivity index is 1.29. The summed E-state index contributed by atoms with van der Waals surface area (Å²) in [4.78, 5) is 11.1. The van der Waals surface area contributed by atoms with Crippen molar-refractivity contribution in [3.8, 4) is 11.4 Å². The molecule has 1 saturated heterocycles. The van der Waals surface area contributed by atoms with Gasteiger partial charge in [0.05, 0.1) is 12.1 Å². The lowest BCUT2D eigenvalue weighted by Crippen LogP contribution is -2.34. The van der Waals surface area contributed by atoms with E-state index in [1.54, 1.807) is 0 Å². The molecule has 0 bridgehead atoms. The van der Waals surface area contributed by atoms with Crippen LogP contribution in [0.1, 0.15) is 36.1 Å². The number of hydrogen-bond donors (Lipinski definition) is 0. The number of benzene rings is 2. The predicted molar refractivity (Wildman–Crippen MR) is 106 cm³/mol. The van der Waals surface area contributed by atoms with Crippen LogP contribution in [0.2, 0.25) is 0 Å². The number of piperidine rings is 1. The summed E-state index contributed by atoms with van der Waals surface area (Å²) < 4.78 is 50.1. The second-order valence-corrected chi connectivity index (χ2v) is 7.68. The van der Waals surface area contributed by atoms with Gasteiger partial charge in [0.15, 0.2) is 11.5 Å². The third kappa shape index (κ3) is 4.18. The van der Waals surface area contributed by atoms with E-state index in [1.165, 1.54) is 12.1 Å². The molecule has 0 radical (unpaired) electrons. The van der Waals surface area contributed by atoms with Crippen molar-refractivity contribution in [3.63, 3.8) is 0 Å². The van der Waals surface area contributed by atoms with E-state index < -0.39 is 11.7 Å². The highest BCUT2D eigenvalue weighted by molar-refractivity contribution is 5.72. The van der Waals surface area contributed by atoms with Crippen molar-refractivity contribution in [2.24, 2.45) is 0 Å². The fraction of sp³-hybridized carbons (Fsp3) is 0.318. The number of para-hydroxylation sites is 2. The summed E-state index contributed by atoms with van der Waals surface area (Å²) in [6.07, 6.45) is -2.48. The predicted octanol–water partition coefficient (Wildman–Crippen LogP) is 5.28. The first-order chi connectivity index (χ1) is 15.0. The Kier molecular flexibility index (Phi) is 4.97. The van der Waals surface area contributed by atoms with Crippen LogP contribution < -0.4 is 0 Å². The molecule has 1 aliphatic rings. The summed E-state index contributed by atoms with van der Waals surface area (Å²) in [5.41, 5.74) is 1.15. The molecule has 0 aliphatic carbocycles. The fourth-order valence-electron chi connectivity index (χ4n) is 3.93. The van der Waals surface area contributed by atoms with Crippen LogP contribution in [0.5, 0.6) is 0 Å². The molecule has 1 fully saturated rings. The Morgan fingerprint density at radius 2 is 1.94 bits per heavy atom. The molecule has 9 heteroatoms. The monoisotopic (exact) mass is 428 g/mol. The van der Waals surface area contributed by atoms with Crippen LogP contribution in [-0.4, -0.2) is 33.1 Å². The average molecular weight is 428 g/mol. The van der Waals surface area contributed by atoms with E-state index in [1.807, 2.05) is 24.3 Å². The zero-order valence-corrected chi connectivity index (χ0v) is 16.5. The molecular formula is C22H19F3N4O2. The third-order valence-corrected chi connectivity index (χ3v) is 5.44. The molecule has 2 aromatic heterocycles. The number of fused-ring (bicyclic) bond motifs is 1. The van der Waals surface area contributed by atoms with E-state index in [-0.39, 0.29) is 17.3 Å².